The number of rotatable bonds is 8. The van der Waals surface area contributed by atoms with Gasteiger partial charge in [-0.15, -0.1) is 0 Å². The number of aromatic amines is 1. The van der Waals surface area contributed by atoms with Gasteiger partial charge in [-0.3, -0.25) is 4.79 Å². The topological polar surface area (TPSA) is 63.4 Å². The molecule has 1 heterocycles. The largest absolute Gasteiger partial charge is 0.497 e. The molecule has 4 rings (SSSR count). The second kappa shape index (κ2) is 9.60. The number of aromatic nitrogens is 1. The number of carbonyl (C=O) groups excluding carboxylic acids is 1. The molecular formula is C27H28N2O3. The summed E-state index contributed by atoms with van der Waals surface area (Å²) < 4.78 is 11.0. The molecule has 0 aliphatic rings. The predicted octanol–water partition coefficient (Wildman–Crippen LogP) is 5.12. The van der Waals surface area contributed by atoms with Gasteiger partial charge in [0.05, 0.1) is 7.11 Å². The van der Waals surface area contributed by atoms with Crippen LogP contribution in [0.3, 0.4) is 0 Å². The van der Waals surface area contributed by atoms with Gasteiger partial charge in [0.2, 0.25) is 0 Å². The van der Waals surface area contributed by atoms with Gasteiger partial charge in [0.15, 0.2) is 6.61 Å². The van der Waals surface area contributed by atoms with Crippen molar-refractivity contribution in [2.75, 3.05) is 20.3 Å². The average Bonchev–Trinajstić information content (AvgIpc) is 3.22. The van der Waals surface area contributed by atoms with Gasteiger partial charge >= 0.3 is 0 Å². The van der Waals surface area contributed by atoms with Crippen LogP contribution < -0.4 is 14.8 Å². The van der Waals surface area contributed by atoms with E-state index in [9.17, 15) is 4.79 Å². The second-order valence-electron chi connectivity index (χ2n) is 8.03. The highest BCUT2D eigenvalue weighted by atomic mass is 16.5. The lowest BCUT2D eigenvalue weighted by Crippen LogP contribution is -2.32. The first kappa shape index (κ1) is 21.5. The maximum absolute atomic E-state index is 12.6. The van der Waals surface area contributed by atoms with E-state index in [4.69, 9.17) is 9.47 Å². The van der Waals surface area contributed by atoms with Crippen molar-refractivity contribution in [3.05, 3.63) is 95.2 Å². The molecule has 3 aromatic carbocycles. The third kappa shape index (κ3) is 4.94. The summed E-state index contributed by atoms with van der Waals surface area (Å²) in [5.74, 6) is 1.35. The van der Waals surface area contributed by atoms with E-state index in [1.165, 1.54) is 0 Å². The Hall–Kier alpha value is -3.73. The van der Waals surface area contributed by atoms with Gasteiger partial charge in [0, 0.05) is 29.6 Å². The molecule has 1 aromatic heterocycles. The lowest BCUT2D eigenvalue weighted by atomic mass is 9.91. The van der Waals surface area contributed by atoms with E-state index in [2.05, 4.69) is 28.5 Å². The van der Waals surface area contributed by atoms with Crippen molar-refractivity contribution >= 4 is 16.8 Å². The van der Waals surface area contributed by atoms with E-state index in [-0.39, 0.29) is 18.4 Å². The molecule has 0 unspecified atom stereocenters. The molecule has 4 aromatic rings. The van der Waals surface area contributed by atoms with Crippen molar-refractivity contribution < 1.29 is 14.3 Å². The number of ether oxygens (including phenoxy) is 2. The highest BCUT2D eigenvalue weighted by molar-refractivity contribution is 5.84. The Morgan fingerprint density at radius 3 is 2.41 bits per heavy atom. The highest BCUT2D eigenvalue weighted by Crippen LogP contribution is 2.31. The standard InChI is InChI=1S/C27H28N2O3/c1-18-12-19(2)14-22(13-18)32-17-27(30)29-15-24(20-8-10-21(31-3)11-9-20)25-16-28-26-7-5-4-6-23(25)26/h4-14,16,24,28H,15,17H2,1-3H3,(H,29,30)/t24-/m0/s1. The van der Waals surface area contributed by atoms with Crippen molar-refractivity contribution in [1.29, 1.82) is 0 Å². The van der Waals surface area contributed by atoms with Crippen molar-refractivity contribution in [3.8, 4) is 11.5 Å². The zero-order valence-corrected chi connectivity index (χ0v) is 18.6. The molecule has 164 valence electrons. The Labute approximate surface area is 188 Å². The number of aryl methyl sites for hydroxylation is 2. The molecule has 32 heavy (non-hydrogen) atoms. The third-order valence-corrected chi connectivity index (χ3v) is 5.58. The number of H-pyrrole nitrogens is 1. The van der Waals surface area contributed by atoms with Crippen LogP contribution in [-0.2, 0) is 4.79 Å². The summed E-state index contributed by atoms with van der Waals surface area (Å²) in [6, 6.07) is 22.1. The summed E-state index contributed by atoms with van der Waals surface area (Å²) in [7, 11) is 1.65. The molecule has 0 fully saturated rings. The smallest absolute Gasteiger partial charge is 0.257 e. The minimum Gasteiger partial charge on any atom is -0.497 e. The minimum atomic E-state index is -0.150. The summed E-state index contributed by atoms with van der Waals surface area (Å²) in [4.78, 5) is 15.9. The van der Waals surface area contributed by atoms with E-state index in [0.29, 0.717) is 12.3 Å². The third-order valence-electron chi connectivity index (χ3n) is 5.58. The number of amides is 1. The molecule has 2 N–H and O–H groups in total. The SMILES string of the molecule is COc1ccc([C@H](CNC(=O)COc2cc(C)cc(C)c2)c2c[nH]c3ccccc23)cc1. The maximum atomic E-state index is 12.6. The molecule has 0 saturated heterocycles. The van der Waals surface area contributed by atoms with E-state index >= 15 is 0 Å². The normalized spacial score (nSPS) is 11.8. The van der Waals surface area contributed by atoms with Crippen LogP contribution in [0.15, 0.2) is 72.9 Å². The molecule has 0 aliphatic carbocycles. The van der Waals surface area contributed by atoms with E-state index in [0.717, 1.165) is 38.9 Å². The predicted molar refractivity (Wildman–Crippen MR) is 128 cm³/mol. The van der Waals surface area contributed by atoms with Crippen molar-refractivity contribution in [3.63, 3.8) is 0 Å². The van der Waals surface area contributed by atoms with Gasteiger partial charge in [-0.1, -0.05) is 36.4 Å². The molecule has 1 amide bonds. The van der Waals surface area contributed by atoms with Crippen LogP contribution in [0, 0.1) is 13.8 Å². The van der Waals surface area contributed by atoms with Crippen molar-refractivity contribution in [2.45, 2.75) is 19.8 Å². The highest BCUT2D eigenvalue weighted by Gasteiger charge is 2.19. The monoisotopic (exact) mass is 428 g/mol. The fourth-order valence-electron chi connectivity index (χ4n) is 4.06. The number of carbonyl (C=O) groups is 1. The van der Waals surface area contributed by atoms with Crippen LogP contribution in [0.5, 0.6) is 11.5 Å². The van der Waals surface area contributed by atoms with Crippen LogP contribution in [0.2, 0.25) is 0 Å². The maximum Gasteiger partial charge on any atom is 0.257 e. The zero-order chi connectivity index (χ0) is 22.5. The lowest BCUT2D eigenvalue weighted by Gasteiger charge is -2.19. The number of hydrogen-bond acceptors (Lipinski definition) is 3. The molecular weight excluding hydrogens is 400 g/mol. The number of para-hydroxylation sites is 1. The number of fused-ring (bicyclic) bond motifs is 1. The van der Waals surface area contributed by atoms with E-state index < -0.39 is 0 Å². The van der Waals surface area contributed by atoms with Crippen LogP contribution in [-0.4, -0.2) is 31.2 Å². The Morgan fingerprint density at radius 1 is 0.969 bits per heavy atom. The van der Waals surface area contributed by atoms with Crippen LogP contribution >= 0.6 is 0 Å². The summed E-state index contributed by atoms with van der Waals surface area (Å²) in [5.41, 5.74) is 5.54. The summed E-state index contributed by atoms with van der Waals surface area (Å²) in [6.07, 6.45) is 2.03. The number of methoxy groups -OCH3 is 1. The molecule has 0 radical (unpaired) electrons. The van der Waals surface area contributed by atoms with Gasteiger partial charge in [-0.05, 0) is 66.4 Å². The first-order valence-electron chi connectivity index (χ1n) is 10.7. The summed E-state index contributed by atoms with van der Waals surface area (Å²) >= 11 is 0. The Bertz CT molecular complexity index is 1190. The van der Waals surface area contributed by atoms with Crippen LogP contribution in [0.4, 0.5) is 0 Å². The van der Waals surface area contributed by atoms with Crippen LogP contribution in [0.1, 0.15) is 28.2 Å². The first-order chi connectivity index (χ1) is 15.5. The number of hydrogen-bond donors (Lipinski definition) is 2. The molecule has 0 bridgehead atoms. The Kier molecular flexibility index (Phi) is 6.45. The van der Waals surface area contributed by atoms with Gasteiger partial charge in [0.25, 0.3) is 5.91 Å². The van der Waals surface area contributed by atoms with Crippen molar-refractivity contribution in [1.82, 2.24) is 10.3 Å². The Morgan fingerprint density at radius 2 is 1.69 bits per heavy atom. The minimum absolute atomic E-state index is 0.0118. The fraction of sp³-hybridized carbons (Fsp3) is 0.222. The van der Waals surface area contributed by atoms with Gasteiger partial charge in [-0.25, -0.2) is 0 Å². The first-order valence-corrected chi connectivity index (χ1v) is 10.7. The summed E-state index contributed by atoms with van der Waals surface area (Å²) in [5, 5.41) is 4.20. The van der Waals surface area contributed by atoms with E-state index in [1.54, 1.807) is 7.11 Å². The average molecular weight is 429 g/mol. The second-order valence-corrected chi connectivity index (χ2v) is 8.03. The van der Waals surface area contributed by atoms with Crippen LogP contribution in [0.25, 0.3) is 10.9 Å². The fourth-order valence-corrected chi connectivity index (χ4v) is 4.06. The molecule has 0 aliphatic heterocycles. The summed E-state index contributed by atoms with van der Waals surface area (Å²) in [6.45, 7) is 4.47. The van der Waals surface area contributed by atoms with Gasteiger partial charge in [-0.2, -0.15) is 0 Å². The molecule has 5 heteroatoms. The van der Waals surface area contributed by atoms with Crippen molar-refractivity contribution in [2.24, 2.45) is 0 Å². The zero-order valence-electron chi connectivity index (χ0n) is 18.6. The number of nitrogens with one attached hydrogen (secondary N) is 2. The Balaban J connectivity index is 1.50. The molecule has 1 atom stereocenters. The molecule has 0 spiro atoms. The molecule has 0 saturated carbocycles. The quantitative estimate of drug-likeness (QED) is 0.409. The number of benzene rings is 3. The van der Waals surface area contributed by atoms with Gasteiger partial charge in [0.1, 0.15) is 11.5 Å². The lowest BCUT2D eigenvalue weighted by molar-refractivity contribution is -0.123. The van der Waals surface area contributed by atoms with Gasteiger partial charge < -0.3 is 19.8 Å². The van der Waals surface area contributed by atoms with E-state index in [1.807, 2.05) is 68.6 Å². The molecule has 5 nitrogen and oxygen atoms in total.